The van der Waals surface area contributed by atoms with Gasteiger partial charge >= 0.3 is 0 Å². The molecule has 0 bridgehead atoms. The quantitative estimate of drug-likeness (QED) is 0.501. The van der Waals surface area contributed by atoms with Crippen molar-refractivity contribution in [1.82, 2.24) is 28.9 Å². The summed E-state index contributed by atoms with van der Waals surface area (Å²) in [5.41, 5.74) is 6.23. The molecular formula is C26H32FN7O3. The molecule has 2 fully saturated rings. The summed E-state index contributed by atoms with van der Waals surface area (Å²) in [6.07, 6.45) is 11.6. The Kier molecular flexibility index (Phi) is 8.32. The number of hydrogen-bond donors (Lipinski definition) is 1. The van der Waals surface area contributed by atoms with Gasteiger partial charge in [-0.25, -0.2) is 14.4 Å². The first kappa shape index (κ1) is 26.1. The van der Waals surface area contributed by atoms with E-state index in [0.717, 1.165) is 24.9 Å². The molecule has 4 heterocycles. The second kappa shape index (κ2) is 11.8. The number of carbonyl (C=O) groups is 3. The molecule has 2 unspecified atom stereocenters. The Hall–Kier alpha value is -4.02. The topological polar surface area (TPSA) is 119 Å². The molecule has 10 nitrogen and oxygen atoms in total. The average Bonchev–Trinajstić information content (AvgIpc) is 3.66. The Balaban J connectivity index is 0.000000173. The molecule has 3 amide bonds. The van der Waals surface area contributed by atoms with Crippen molar-refractivity contribution in [1.29, 1.82) is 0 Å². The standard InChI is InChI=1S/C14H14FN3O.C12H18N4O2/c15-13-3-1-11(2-4-13)12-7-14(19)18(8-12)10-17-6-5-16-9-17;1-2-3-9-6-10(17)16(7-9)8-15-5-4-14-12(15)11(13)18/h1-6,9,12H,7-8,10H2;4-5,9H,2-3,6-8H2,1H3,(H2,13,18). The molecule has 5 rings (SSSR count). The van der Waals surface area contributed by atoms with Crippen molar-refractivity contribution in [3.05, 3.63) is 72.6 Å². The Morgan fingerprint density at radius 1 is 1.03 bits per heavy atom. The van der Waals surface area contributed by atoms with Crippen LogP contribution in [-0.4, -0.2) is 59.7 Å². The molecule has 2 saturated heterocycles. The third-order valence-corrected chi connectivity index (χ3v) is 6.70. The highest BCUT2D eigenvalue weighted by Crippen LogP contribution is 2.28. The number of halogens is 1. The third kappa shape index (κ3) is 6.60. The highest BCUT2D eigenvalue weighted by molar-refractivity contribution is 5.89. The smallest absolute Gasteiger partial charge is 0.284 e. The number of imidazole rings is 2. The van der Waals surface area contributed by atoms with Crippen LogP contribution in [0.3, 0.4) is 0 Å². The summed E-state index contributed by atoms with van der Waals surface area (Å²) >= 11 is 0. The second-order valence-electron chi connectivity index (χ2n) is 9.49. The first-order valence-corrected chi connectivity index (χ1v) is 12.4. The van der Waals surface area contributed by atoms with Crippen molar-refractivity contribution in [3.63, 3.8) is 0 Å². The van der Waals surface area contributed by atoms with Gasteiger partial charge in [0.25, 0.3) is 5.91 Å². The van der Waals surface area contributed by atoms with Crippen molar-refractivity contribution in [2.24, 2.45) is 11.7 Å². The number of nitrogens with zero attached hydrogens (tertiary/aromatic N) is 6. The van der Waals surface area contributed by atoms with Crippen molar-refractivity contribution in [3.8, 4) is 0 Å². The maximum atomic E-state index is 12.9. The van der Waals surface area contributed by atoms with E-state index in [0.29, 0.717) is 38.6 Å². The molecule has 0 radical (unpaired) electrons. The van der Waals surface area contributed by atoms with E-state index in [-0.39, 0.29) is 29.4 Å². The molecular weight excluding hydrogens is 477 g/mol. The van der Waals surface area contributed by atoms with Gasteiger partial charge < -0.3 is 24.7 Å². The number of rotatable bonds is 8. The first-order chi connectivity index (χ1) is 17.8. The van der Waals surface area contributed by atoms with Crippen molar-refractivity contribution < 1.29 is 18.8 Å². The maximum absolute atomic E-state index is 12.9. The van der Waals surface area contributed by atoms with Crippen LogP contribution in [0.2, 0.25) is 0 Å². The number of primary amides is 1. The van der Waals surface area contributed by atoms with Crippen molar-refractivity contribution in [2.75, 3.05) is 13.1 Å². The van der Waals surface area contributed by atoms with Gasteiger partial charge in [-0.05, 0) is 30.0 Å². The van der Waals surface area contributed by atoms with Crippen LogP contribution < -0.4 is 5.73 Å². The van der Waals surface area contributed by atoms with Crippen molar-refractivity contribution >= 4 is 17.7 Å². The SMILES string of the molecule is CCCC1CC(=O)N(Cn2ccnc2C(N)=O)C1.O=C1CC(c2ccc(F)cc2)CN1Cn1ccnc1. The van der Waals surface area contributed by atoms with Gasteiger partial charge in [0.1, 0.15) is 5.82 Å². The molecule has 196 valence electrons. The van der Waals surface area contributed by atoms with Gasteiger partial charge in [0.15, 0.2) is 5.82 Å². The zero-order valence-electron chi connectivity index (χ0n) is 20.9. The molecule has 2 aliphatic rings. The fraction of sp³-hybridized carbons (Fsp3) is 0.423. The van der Waals surface area contributed by atoms with E-state index in [9.17, 15) is 18.8 Å². The van der Waals surface area contributed by atoms with Crippen LogP contribution in [-0.2, 0) is 22.9 Å². The van der Waals surface area contributed by atoms with Gasteiger partial charge in [-0.3, -0.25) is 14.4 Å². The Morgan fingerprint density at radius 2 is 1.76 bits per heavy atom. The fourth-order valence-corrected chi connectivity index (χ4v) is 4.86. The van der Waals surface area contributed by atoms with Crippen LogP contribution in [0.15, 0.2) is 55.4 Å². The van der Waals surface area contributed by atoms with Gasteiger partial charge in [-0.2, -0.15) is 0 Å². The van der Waals surface area contributed by atoms with Crippen LogP contribution in [0.5, 0.6) is 0 Å². The number of hydrogen-bond acceptors (Lipinski definition) is 5. The highest BCUT2D eigenvalue weighted by atomic mass is 19.1. The molecule has 3 aromatic rings. The molecule has 2 aromatic heterocycles. The van der Waals surface area contributed by atoms with E-state index < -0.39 is 5.91 Å². The molecule has 0 saturated carbocycles. The highest BCUT2D eigenvalue weighted by Gasteiger charge is 2.31. The molecule has 11 heteroatoms. The van der Waals surface area contributed by atoms with Crippen LogP contribution in [0, 0.1) is 11.7 Å². The van der Waals surface area contributed by atoms with Gasteiger partial charge in [-0.1, -0.05) is 25.5 Å². The van der Waals surface area contributed by atoms with Crippen LogP contribution >= 0.6 is 0 Å². The van der Waals surface area contributed by atoms with Gasteiger partial charge in [0, 0.05) is 56.6 Å². The summed E-state index contributed by atoms with van der Waals surface area (Å²) in [5.74, 6) is 0.224. The number of likely N-dealkylation sites (tertiary alicyclic amines) is 2. The minimum absolute atomic E-state index is 0.128. The lowest BCUT2D eigenvalue weighted by atomic mass is 9.98. The first-order valence-electron chi connectivity index (χ1n) is 12.4. The molecule has 0 aliphatic carbocycles. The largest absolute Gasteiger partial charge is 0.363 e. The third-order valence-electron chi connectivity index (χ3n) is 6.70. The van der Waals surface area contributed by atoms with E-state index in [1.54, 1.807) is 45.2 Å². The van der Waals surface area contributed by atoms with E-state index >= 15 is 0 Å². The van der Waals surface area contributed by atoms with E-state index in [1.807, 2.05) is 10.8 Å². The summed E-state index contributed by atoms with van der Waals surface area (Å²) in [5, 5.41) is 0. The molecule has 0 spiro atoms. The lowest BCUT2D eigenvalue weighted by Gasteiger charge is -2.18. The number of amides is 3. The maximum Gasteiger partial charge on any atom is 0.284 e. The van der Waals surface area contributed by atoms with E-state index in [2.05, 4.69) is 16.9 Å². The van der Waals surface area contributed by atoms with Crippen LogP contribution in [0.1, 0.15) is 54.7 Å². The van der Waals surface area contributed by atoms with Crippen LogP contribution in [0.4, 0.5) is 4.39 Å². The minimum atomic E-state index is -0.572. The summed E-state index contributed by atoms with van der Waals surface area (Å²) in [6, 6.07) is 6.40. The summed E-state index contributed by atoms with van der Waals surface area (Å²) < 4.78 is 16.4. The predicted octanol–water partition coefficient (Wildman–Crippen LogP) is 2.58. The summed E-state index contributed by atoms with van der Waals surface area (Å²) in [4.78, 5) is 46.4. The average molecular weight is 510 g/mol. The zero-order valence-corrected chi connectivity index (χ0v) is 20.9. The zero-order chi connectivity index (χ0) is 26.4. The lowest BCUT2D eigenvalue weighted by Crippen LogP contribution is -2.30. The Bertz CT molecular complexity index is 1210. The molecule has 37 heavy (non-hydrogen) atoms. The number of carbonyl (C=O) groups excluding carboxylic acids is 3. The second-order valence-corrected chi connectivity index (χ2v) is 9.49. The molecule has 2 N–H and O–H groups in total. The van der Waals surface area contributed by atoms with Crippen LogP contribution in [0.25, 0.3) is 0 Å². The van der Waals surface area contributed by atoms with E-state index in [4.69, 9.17) is 5.73 Å². The normalized spacial score (nSPS) is 19.3. The molecule has 2 aliphatic heterocycles. The molecule has 2 atom stereocenters. The lowest BCUT2D eigenvalue weighted by molar-refractivity contribution is -0.129. The number of benzene rings is 1. The van der Waals surface area contributed by atoms with Gasteiger partial charge in [-0.15, -0.1) is 0 Å². The minimum Gasteiger partial charge on any atom is -0.363 e. The monoisotopic (exact) mass is 509 g/mol. The number of aromatic nitrogens is 4. The predicted molar refractivity (Wildman–Crippen MR) is 133 cm³/mol. The van der Waals surface area contributed by atoms with Gasteiger partial charge in [0.05, 0.1) is 19.7 Å². The fourth-order valence-electron chi connectivity index (χ4n) is 4.86. The van der Waals surface area contributed by atoms with Crippen molar-refractivity contribution in [2.45, 2.75) is 51.9 Å². The Labute approximate surface area is 214 Å². The molecule has 1 aromatic carbocycles. The summed E-state index contributed by atoms with van der Waals surface area (Å²) in [6.45, 7) is 4.42. The van der Waals surface area contributed by atoms with E-state index in [1.165, 1.54) is 18.3 Å². The number of nitrogens with two attached hydrogens (primary N) is 1. The summed E-state index contributed by atoms with van der Waals surface area (Å²) in [7, 11) is 0. The Morgan fingerprint density at radius 3 is 2.43 bits per heavy atom. The van der Waals surface area contributed by atoms with Gasteiger partial charge in [0.2, 0.25) is 11.8 Å².